The Hall–Kier alpha value is -2.41. The predicted molar refractivity (Wildman–Crippen MR) is 101 cm³/mol. The Morgan fingerprint density at radius 1 is 1.36 bits per heavy atom. The molecule has 25 heavy (non-hydrogen) atoms. The van der Waals surface area contributed by atoms with E-state index >= 15 is 0 Å². The molecule has 0 atom stereocenters. The van der Waals surface area contributed by atoms with Crippen LogP contribution in [0.3, 0.4) is 0 Å². The maximum atomic E-state index is 11.5. The Kier molecular flexibility index (Phi) is 6.52. The number of nitrogens with zero attached hydrogens (tertiary/aromatic N) is 2. The molecule has 0 bridgehead atoms. The highest BCUT2D eigenvalue weighted by molar-refractivity contribution is 7.13. The zero-order valence-electron chi connectivity index (χ0n) is 15.2. The molecule has 0 radical (unpaired) electrons. The van der Waals surface area contributed by atoms with E-state index in [0.717, 1.165) is 28.0 Å². The van der Waals surface area contributed by atoms with E-state index in [1.54, 1.807) is 20.2 Å². The van der Waals surface area contributed by atoms with Gasteiger partial charge in [0, 0.05) is 5.38 Å². The minimum Gasteiger partial charge on any atom is -0.496 e. The van der Waals surface area contributed by atoms with Crippen molar-refractivity contribution < 1.29 is 14.3 Å². The van der Waals surface area contributed by atoms with Crippen molar-refractivity contribution in [2.45, 2.75) is 34.1 Å². The minimum atomic E-state index is -0.275. The number of hydrogen-bond acceptors (Lipinski definition) is 7. The Morgan fingerprint density at radius 3 is 2.80 bits per heavy atom. The zero-order valence-corrected chi connectivity index (χ0v) is 16.0. The molecule has 1 N–H and O–H groups in total. The van der Waals surface area contributed by atoms with Gasteiger partial charge in [0.2, 0.25) is 5.13 Å². The molecule has 0 aliphatic carbocycles. The third-order valence-electron chi connectivity index (χ3n) is 3.82. The smallest absolute Gasteiger partial charge is 0.311 e. The van der Waals surface area contributed by atoms with Gasteiger partial charge in [-0.3, -0.25) is 10.2 Å². The van der Waals surface area contributed by atoms with E-state index in [4.69, 9.17) is 9.47 Å². The highest BCUT2D eigenvalue weighted by Crippen LogP contribution is 2.27. The fraction of sp³-hybridized carbons (Fsp3) is 0.389. The van der Waals surface area contributed by atoms with Crippen LogP contribution >= 0.6 is 11.3 Å². The van der Waals surface area contributed by atoms with E-state index in [2.05, 4.69) is 15.5 Å². The summed E-state index contributed by atoms with van der Waals surface area (Å²) in [4.78, 5) is 15.8. The van der Waals surface area contributed by atoms with E-state index in [1.807, 2.05) is 32.2 Å². The summed E-state index contributed by atoms with van der Waals surface area (Å²) in [7, 11) is 1.68. The van der Waals surface area contributed by atoms with Crippen LogP contribution in [0, 0.1) is 20.8 Å². The number of thiazole rings is 1. The monoisotopic (exact) mass is 361 g/mol. The summed E-state index contributed by atoms with van der Waals surface area (Å²) in [5.41, 5.74) is 7.90. The summed E-state index contributed by atoms with van der Waals surface area (Å²) < 4.78 is 10.3. The minimum absolute atomic E-state index is 0.172. The number of hydrogen-bond donors (Lipinski definition) is 1. The van der Waals surface area contributed by atoms with Crippen LogP contribution in [0.1, 0.15) is 34.9 Å². The first kappa shape index (κ1) is 18.9. The van der Waals surface area contributed by atoms with Crippen LogP contribution in [-0.2, 0) is 16.0 Å². The van der Waals surface area contributed by atoms with Crippen molar-refractivity contribution >= 4 is 28.7 Å². The van der Waals surface area contributed by atoms with Crippen LogP contribution in [0.2, 0.25) is 0 Å². The van der Waals surface area contributed by atoms with Crippen LogP contribution in [0.5, 0.6) is 5.75 Å². The van der Waals surface area contributed by atoms with Crippen molar-refractivity contribution in [1.82, 2.24) is 4.98 Å². The van der Waals surface area contributed by atoms with Gasteiger partial charge in [0.25, 0.3) is 0 Å². The summed E-state index contributed by atoms with van der Waals surface area (Å²) in [6.45, 7) is 8.25. The summed E-state index contributed by atoms with van der Waals surface area (Å²) in [6, 6.07) is 2.04. The van der Waals surface area contributed by atoms with Gasteiger partial charge >= 0.3 is 5.97 Å². The molecule has 0 amide bonds. The van der Waals surface area contributed by atoms with Gasteiger partial charge in [-0.1, -0.05) is 0 Å². The van der Waals surface area contributed by atoms with Gasteiger partial charge in [-0.25, -0.2) is 4.98 Å². The third kappa shape index (κ3) is 4.79. The van der Waals surface area contributed by atoms with E-state index < -0.39 is 0 Å². The molecule has 0 unspecified atom stereocenters. The lowest BCUT2D eigenvalue weighted by Gasteiger charge is -2.13. The van der Waals surface area contributed by atoms with Crippen molar-refractivity contribution in [1.29, 1.82) is 0 Å². The van der Waals surface area contributed by atoms with Gasteiger partial charge in [0.1, 0.15) is 5.75 Å². The molecule has 2 rings (SSSR count). The zero-order chi connectivity index (χ0) is 18.4. The molecule has 0 spiro atoms. The largest absolute Gasteiger partial charge is 0.496 e. The number of carbonyl (C=O) groups excluding carboxylic acids is 1. The number of benzene rings is 1. The van der Waals surface area contributed by atoms with Crippen molar-refractivity contribution in [3.63, 3.8) is 0 Å². The van der Waals surface area contributed by atoms with E-state index in [1.165, 1.54) is 11.3 Å². The first-order chi connectivity index (χ1) is 12.0. The average Bonchev–Trinajstić information content (AvgIpc) is 3.00. The van der Waals surface area contributed by atoms with Gasteiger partial charge < -0.3 is 9.47 Å². The summed E-state index contributed by atoms with van der Waals surface area (Å²) in [5, 5.41) is 6.71. The molecule has 6 nitrogen and oxygen atoms in total. The van der Waals surface area contributed by atoms with Crippen LogP contribution in [0.15, 0.2) is 16.5 Å². The Bertz CT molecular complexity index is 784. The fourth-order valence-electron chi connectivity index (χ4n) is 2.49. The van der Waals surface area contributed by atoms with E-state index in [-0.39, 0.29) is 12.4 Å². The maximum Gasteiger partial charge on any atom is 0.311 e. The Balaban J connectivity index is 2.04. The van der Waals surface area contributed by atoms with Crippen molar-refractivity contribution in [2.75, 3.05) is 19.1 Å². The number of rotatable bonds is 7. The molecule has 0 saturated heterocycles. The topological polar surface area (TPSA) is 72.8 Å². The number of aromatic nitrogens is 1. The van der Waals surface area contributed by atoms with Gasteiger partial charge in [-0.05, 0) is 56.0 Å². The normalized spacial score (nSPS) is 10.9. The molecule has 1 aromatic carbocycles. The summed E-state index contributed by atoms with van der Waals surface area (Å²) >= 11 is 1.40. The number of aryl methyl sites for hydroxylation is 1. The lowest BCUT2D eigenvalue weighted by molar-refractivity contribution is -0.142. The van der Waals surface area contributed by atoms with Gasteiger partial charge in [-0.2, -0.15) is 5.10 Å². The second kappa shape index (κ2) is 8.62. The Morgan fingerprint density at radius 2 is 2.12 bits per heavy atom. The molecule has 0 fully saturated rings. The van der Waals surface area contributed by atoms with E-state index in [9.17, 15) is 4.79 Å². The first-order valence-electron chi connectivity index (χ1n) is 8.00. The fourth-order valence-corrected chi connectivity index (χ4v) is 3.15. The lowest BCUT2D eigenvalue weighted by atomic mass is 9.99. The maximum absolute atomic E-state index is 11.5. The summed E-state index contributed by atoms with van der Waals surface area (Å²) in [5.74, 6) is 0.633. The number of nitrogens with one attached hydrogen (secondary N) is 1. The number of esters is 1. The molecule has 0 aliphatic heterocycles. The SMILES string of the molecule is CCOC(=O)Cc1csc(NN=Cc2cc(C)c(OC)c(C)c2C)n1. The lowest BCUT2D eigenvalue weighted by Crippen LogP contribution is -2.07. The predicted octanol–water partition coefficient (Wildman–Crippen LogP) is 3.63. The highest BCUT2D eigenvalue weighted by atomic mass is 32.1. The molecule has 1 aromatic heterocycles. The van der Waals surface area contributed by atoms with Crippen LogP contribution < -0.4 is 10.2 Å². The van der Waals surface area contributed by atoms with E-state index in [0.29, 0.717) is 17.4 Å². The molecule has 0 saturated carbocycles. The molecule has 134 valence electrons. The molecule has 7 heteroatoms. The van der Waals surface area contributed by atoms with Crippen LogP contribution in [-0.4, -0.2) is 30.9 Å². The summed E-state index contributed by atoms with van der Waals surface area (Å²) in [6.07, 6.45) is 1.94. The van der Waals surface area contributed by atoms with Crippen molar-refractivity contribution in [3.8, 4) is 5.75 Å². The molecule has 1 heterocycles. The quantitative estimate of drug-likeness (QED) is 0.463. The standard InChI is InChI=1S/C18H23N3O3S/c1-6-24-16(22)8-15-10-25-18(20-15)21-19-9-14-7-11(2)17(23-5)13(4)12(14)3/h7,9-10H,6,8H2,1-5H3,(H,20,21). The third-order valence-corrected chi connectivity index (χ3v) is 4.61. The molecular formula is C18H23N3O3S. The van der Waals surface area contributed by atoms with Gasteiger partial charge in [-0.15, -0.1) is 11.3 Å². The van der Waals surface area contributed by atoms with Gasteiger partial charge in [0.05, 0.1) is 32.0 Å². The second-order valence-electron chi connectivity index (χ2n) is 5.56. The number of anilines is 1. The number of carbonyl (C=O) groups is 1. The van der Waals surface area contributed by atoms with Crippen LogP contribution in [0.4, 0.5) is 5.13 Å². The average molecular weight is 361 g/mol. The number of methoxy groups -OCH3 is 1. The van der Waals surface area contributed by atoms with Gasteiger partial charge in [0.15, 0.2) is 0 Å². The van der Waals surface area contributed by atoms with Crippen molar-refractivity contribution in [2.24, 2.45) is 5.10 Å². The number of hydrazone groups is 1. The molecule has 0 aliphatic rings. The molecule has 2 aromatic rings. The number of ether oxygens (including phenoxy) is 2. The second-order valence-corrected chi connectivity index (χ2v) is 6.42. The van der Waals surface area contributed by atoms with Crippen LogP contribution in [0.25, 0.3) is 0 Å². The molecular weight excluding hydrogens is 338 g/mol. The Labute approximate surface area is 151 Å². The van der Waals surface area contributed by atoms with Crippen molar-refractivity contribution in [3.05, 3.63) is 39.4 Å². The highest BCUT2D eigenvalue weighted by Gasteiger charge is 2.10. The first-order valence-corrected chi connectivity index (χ1v) is 8.88.